The Morgan fingerprint density at radius 3 is 2.65 bits per heavy atom. The lowest BCUT2D eigenvalue weighted by Crippen LogP contribution is -2.57. The zero-order chi connectivity index (χ0) is 23.9. The molecule has 0 radical (unpaired) electrons. The first kappa shape index (κ1) is 22.5. The molecule has 2 saturated heterocycles. The highest BCUT2D eigenvalue weighted by atomic mass is 35.5. The van der Waals surface area contributed by atoms with E-state index in [1.54, 1.807) is 6.07 Å². The van der Waals surface area contributed by atoms with Gasteiger partial charge in [0.1, 0.15) is 10.4 Å². The van der Waals surface area contributed by atoms with E-state index >= 15 is 0 Å². The van der Waals surface area contributed by atoms with Gasteiger partial charge in [0.2, 0.25) is 10.0 Å². The summed E-state index contributed by atoms with van der Waals surface area (Å²) in [4.78, 5) is 6.53. The summed E-state index contributed by atoms with van der Waals surface area (Å²) < 4.78 is 57.1. The van der Waals surface area contributed by atoms with Gasteiger partial charge in [-0.05, 0) is 38.8 Å². The van der Waals surface area contributed by atoms with Gasteiger partial charge in [-0.25, -0.2) is 26.9 Å². The molecule has 2 N–H and O–H groups in total. The summed E-state index contributed by atoms with van der Waals surface area (Å²) in [6.45, 7) is 5.26. The third-order valence-corrected chi connectivity index (χ3v) is 9.68. The zero-order valence-electron chi connectivity index (χ0n) is 18.2. The summed E-state index contributed by atoms with van der Waals surface area (Å²) in [7, 11) is -3.85. The zero-order valence-corrected chi connectivity index (χ0v) is 20.6. The normalized spacial score (nSPS) is 21.0. The molecule has 0 atom stereocenters. The van der Waals surface area contributed by atoms with Crippen LogP contribution in [-0.2, 0) is 10.0 Å². The Bertz CT molecular complexity index is 1390. The maximum Gasteiger partial charge on any atom is 0.291 e. The number of imidazole rings is 1. The Hall–Kier alpha value is -1.93. The Balaban J connectivity index is 1.49. The molecular formula is C20H22ClF2N7O2S2. The predicted molar refractivity (Wildman–Crippen MR) is 124 cm³/mol. The lowest BCUT2D eigenvalue weighted by molar-refractivity contribution is 0.150. The van der Waals surface area contributed by atoms with Crippen LogP contribution in [0.1, 0.15) is 37.6 Å². The standard InChI is InChI=1S/C20H22ClF2N7O2S2/c1-19(2-3-19)28-34(31,32)11-6-12(29-9-20(10-29)4-5-24-8-20)13-14(21)25-16(30(13)7-11)18-27-26-17(33-18)15(22)23/h6-7,15,24,28H,2-5,8-10H2,1H3. The third-order valence-electron chi connectivity index (χ3n) is 6.88. The Labute approximate surface area is 203 Å². The molecular weight excluding hydrogens is 508 g/mol. The van der Waals surface area contributed by atoms with Crippen molar-refractivity contribution in [3.8, 4) is 10.8 Å². The number of nitrogens with zero attached hydrogens (tertiary/aromatic N) is 5. The fraction of sp³-hybridized carbons (Fsp3) is 0.550. The molecule has 3 aliphatic rings. The Kier molecular flexibility index (Phi) is 4.99. The molecule has 3 aromatic rings. The number of hydrogen-bond acceptors (Lipinski definition) is 8. The molecule has 6 rings (SSSR count). The molecule has 14 heteroatoms. The van der Waals surface area contributed by atoms with Gasteiger partial charge in [0.25, 0.3) is 6.43 Å². The molecule has 5 heterocycles. The molecule has 0 bridgehead atoms. The molecule has 1 aliphatic carbocycles. The smallest absolute Gasteiger partial charge is 0.291 e. The topological polar surface area (TPSA) is 105 Å². The van der Waals surface area contributed by atoms with Crippen LogP contribution in [0.25, 0.3) is 16.3 Å². The number of anilines is 1. The molecule has 2 aliphatic heterocycles. The highest BCUT2D eigenvalue weighted by molar-refractivity contribution is 7.89. The number of nitrogens with one attached hydrogen (secondary N) is 2. The van der Waals surface area contributed by atoms with E-state index in [-0.39, 0.29) is 26.3 Å². The van der Waals surface area contributed by atoms with E-state index in [1.165, 1.54) is 10.6 Å². The van der Waals surface area contributed by atoms with Crippen molar-refractivity contribution in [3.05, 3.63) is 22.4 Å². The van der Waals surface area contributed by atoms with Gasteiger partial charge in [-0.1, -0.05) is 22.9 Å². The lowest BCUT2D eigenvalue weighted by atomic mass is 9.79. The summed E-state index contributed by atoms with van der Waals surface area (Å²) >= 11 is 7.24. The van der Waals surface area contributed by atoms with E-state index in [0.717, 1.165) is 45.4 Å². The first-order chi connectivity index (χ1) is 16.1. The average molecular weight is 530 g/mol. The molecule has 182 valence electrons. The second-order valence-electron chi connectivity index (χ2n) is 9.70. The SMILES string of the molecule is CC1(NS(=O)(=O)c2cc(N3CC4(CCNC4)C3)c3c(Cl)nc(-c4nnc(C(F)F)s4)n3c2)CC1. The van der Waals surface area contributed by atoms with Crippen molar-refractivity contribution >= 4 is 44.2 Å². The van der Waals surface area contributed by atoms with Crippen LogP contribution in [0.3, 0.4) is 0 Å². The van der Waals surface area contributed by atoms with Crippen molar-refractivity contribution in [1.82, 2.24) is 29.6 Å². The average Bonchev–Trinajstić information content (AvgIpc) is 3.19. The van der Waals surface area contributed by atoms with Crippen LogP contribution < -0.4 is 14.9 Å². The van der Waals surface area contributed by atoms with Gasteiger partial charge in [-0.15, -0.1) is 10.2 Å². The number of fused-ring (bicyclic) bond motifs is 1. The predicted octanol–water partition coefficient (Wildman–Crippen LogP) is 3.07. The highest BCUT2D eigenvalue weighted by Crippen LogP contribution is 2.44. The molecule has 1 saturated carbocycles. The quantitative estimate of drug-likeness (QED) is 0.505. The van der Waals surface area contributed by atoms with Crippen molar-refractivity contribution < 1.29 is 17.2 Å². The van der Waals surface area contributed by atoms with Crippen molar-refractivity contribution in [2.24, 2.45) is 5.41 Å². The molecule has 3 aromatic heterocycles. The number of alkyl halides is 2. The number of hydrogen-bond donors (Lipinski definition) is 2. The van der Waals surface area contributed by atoms with E-state index < -0.39 is 27.0 Å². The highest BCUT2D eigenvalue weighted by Gasteiger charge is 2.46. The Morgan fingerprint density at radius 1 is 1.26 bits per heavy atom. The number of sulfonamides is 1. The minimum atomic E-state index is -3.85. The minimum absolute atomic E-state index is 0.0579. The van der Waals surface area contributed by atoms with Gasteiger partial charge >= 0.3 is 0 Å². The molecule has 0 amide bonds. The maximum atomic E-state index is 13.3. The summed E-state index contributed by atoms with van der Waals surface area (Å²) in [5.74, 6) is 0.179. The van der Waals surface area contributed by atoms with Crippen molar-refractivity contribution in [2.45, 2.75) is 43.0 Å². The van der Waals surface area contributed by atoms with Gasteiger partial charge in [0.15, 0.2) is 21.0 Å². The first-order valence-corrected chi connectivity index (χ1v) is 13.6. The van der Waals surface area contributed by atoms with E-state index in [2.05, 4.69) is 30.1 Å². The van der Waals surface area contributed by atoms with E-state index in [9.17, 15) is 17.2 Å². The first-order valence-electron chi connectivity index (χ1n) is 10.9. The van der Waals surface area contributed by atoms with E-state index in [0.29, 0.717) is 22.5 Å². The fourth-order valence-corrected chi connectivity index (χ4v) is 7.19. The van der Waals surface area contributed by atoms with Crippen LogP contribution in [0.15, 0.2) is 17.2 Å². The van der Waals surface area contributed by atoms with Crippen molar-refractivity contribution in [1.29, 1.82) is 0 Å². The largest absolute Gasteiger partial charge is 0.368 e. The van der Waals surface area contributed by atoms with Crippen LogP contribution in [0, 0.1) is 5.41 Å². The lowest BCUT2D eigenvalue weighted by Gasteiger charge is -2.49. The molecule has 9 nitrogen and oxygen atoms in total. The maximum absolute atomic E-state index is 13.3. The van der Waals surface area contributed by atoms with Crippen LogP contribution >= 0.6 is 22.9 Å². The van der Waals surface area contributed by atoms with Gasteiger partial charge in [0, 0.05) is 36.8 Å². The summed E-state index contributed by atoms with van der Waals surface area (Å²) in [5.41, 5.74) is 0.865. The van der Waals surface area contributed by atoms with Gasteiger partial charge in [0.05, 0.1) is 5.69 Å². The molecule has 1 spiro atoms. The number of aromatic nitrogens is 4. The summed E-state index contributed by atoms with van der Waals surface area (Å²) in [6.07, 6.45) is 1.26. The van der Waals surface area contributed by atoms with Gasteiger partial charge in [-0.2, -0.15) is 0 Å². The van der Waals surface area contributed by atoms with Gasteiger partial charge in [-0.3, -0.25) is 4.40 Å². The van der Waals surface area contributed by atoms with Crippen LogP contribution in [0.4, 0.5) is 14.5 Å². The minimum Gasteiger partial charge on any atom is -0.368 e. The molecule has 3 fully saturated rings. The van der Waals surface area contributed by atoms with Crippen molar-refractivity contribution in [2.75, 3.05) is 31.1 Å². The molecule has 0 aromatic carbocycles. The van der Waals surface area contributed by atoms with Crippen molar-refractivity contribution in [3.63, 3.8) is 0 Å². The monoisotopic (exact) mass is 529 g/mol. The third kappa shape index (κ3) is 3.68. The summed E-state index contributed by atoms with van der Waals surface area (Å²) in [5, 5.41) is 10.6. The van der Waals surface area contributed by atoms with Crippen LogP contribution in [0.2, 0.25) is 5.15 Å². The number of halogens is 3. The van der Waals surface area contributed by atoms with E-state index in [4.69, 9.17) is 11.6 Å². The fourth-order valence-electron chi connectivity index (χ4n) is 4.75. The molecule has 0 unspecified atom stereocenters. The second kappa shape index (κ2) is 7.53. The summed E-state index contributed by atoms with van der Waals surface area (Å²) in [6, 6.07) is 1.63. The Morgan fingerprint density at radius 2 is 2.03 bits per heavy atom. The number of rotatable bonds is 6. The second-order valence-corrected chi connectivity index (χ2v) is 12.8. The van der Waals surface area contributed by atoms with Gasteiger partial charge < -0.3 is 10.2 Å². The van der Waals surface area contributed by atoms with E-state index in [1.807, 2.05) is 6.92 Å². The number of pyridine rings is 1. The van der Waals surface area contributed by atoms with Crippen LogP contribution in [0.5, 0.6) is 0 Å². The van der Waals surface area contributed by atoms with Crippen LogP contribution in [-0.4, -0.2) is 59.7 Å². The molecule has 34 heavy (non-hydrogen) atoms.